The largest absolute Gasteiger partial charge is 0.477 e. The number of hydrogen-bond donors (Lipinski definition) is 2. The SMILES string of the molecule is O=C(O)c1ccc(C(=O)N2CCC(CO)CC2)cn1. The van der Waals surface area contributed by atoms with E-state index in [4.69, 9.17) is 10.2 Å². The Morgan fingerprint density at radius 1 is 1.32 bits per heavy atom. The van der Waals surface area contributed by atoms with Gasteiger partial charge in [0.15, 0.2) is 0 Å². The molecule has 0 radical (unpaired) electrons. The van der Waals surface area contributed by atoms with E-state index in [0.717, 1.165) is 12.8 Å². The Labute approximate surface area is 110 Å². The predicted molar refractivity (Wildman–Crippen MR) is 66.9 cm³/mol. The van der Waals surface area contributed by atoms with Gasteiger partial charge in [0.2, 0.25) is 0 Å². The van der Waals surface area contributed by atoms with Crippen molar-refractivity contribution in [3.05, 3.63) is 29.6 Å². The molecule has 0 saturated carbocycles. The molecule has 0 aliphatic carbocycles. The second-order valence-electron chi connectivity index (χ2n) is 4.66. The molecular formula is C13H16N2O4. The number of pyridine rings is 1. The van der Waals surface area contributed by atoms with Crippen LogP contribution in [-0.4, -0.2) is 51.7 Å². The van der Waals surface area contributed by atoms with Gasteiger partial charge in [0.05, 0.1) is 5.56 Å². The average Bonchev–Trinajstić information content (AvgIpc) is 2.46. The number of piperidine rings is 1. The molecule has 0 atom stereocenters. The van der Waals surface area contributed by atoms with Gasteiger partial charge in [-0.3, -0.25) is 4.79 Å². The third-order valence-electron chi connectivity index (χ3n) is 3.39. The van der Waals surface area contributed by atoms with Crippen LogP contribution in [0.4, 0.5) is 0 Å². The third kappa shape index (κ3) is 3.08. The van der Waals surface area contributed by atoms with Crippen molar-refractivity contribution in [2.24, 2.45) is 5.92 Å². The van der Waals surface area contributed by atoms with Crippen LogP contribution in [-0.2, 0) is 0 Å². The molecule has 0 unspecified atom stereocenters. The van der Waals surface area contributed by atoms with E-state index in [-0.39, 0.29) is 24.1 Å². The fourth-order valence-corrected chi connectivity index (χ4v) is 2.15. The van der Waals surface area contributed by atoms with Crippen LogP contribution in [0.2, 0.25) is 0 Å². The second-order valence-corrected chi connectivity index (χ2v) is 4.66. The molecule has 1 aliphatic rings. The van der Waals surface area contributed by atoms with E-state index in [2.05, 4.69) is 4.98 Å². The fourth-order valence-electron chi connectivity index (χ4n) is 2.15. The summed E-state index contributed by atoms with van der Waals surface area (Å²) in [5.41, 5.74) is 0.322. The zero-order valence-electron chi connectivity index (χ0n) is 10.5. The van der Waals surface area contributed by atoms with Crippen LogP contribution in [0, 0.1) is 5.92 Å². The van der Waals surface area contributed by atoms with E-state index in [1.165, 1.54) is 18.3 Å². The van der Waals surface area contributed by atoms with Gasteiger partial charge in [0, 0.05) is 25.9 Å². The number of carbonyl (C=O) groups excluding carboxylic acids is 1. The maximum absolute atomic E-state index is 12.2. The van der Waals surface area contributed by atoms with Crippen molar-refractivity contribution in [3.63, 3.8) is 0 Å². The molecule has 1 aromatic heterocycles. The van der Waals surface area contributed by atoms with Gasteiger partial charge in [-0.2, -0.15) is 0 Å². The Balaban J connectivity index is 2.02. The van der Waals surface area contributed by atoms with Crippen molar-refractivity contribution in [2.45, 2.75) is 12.8 Å². The zero-order valence-corrected chi connectivity index (χ0v) is 10.5. The molecule has 2 N–H and O–H groups in total. The lowest BCUT2D eigenvalue weighted by Crippen LogP contribution is -2.39. The first-order valence-electron chi connectivity index (χ1n) is 6.21. The topological polar surface area (TPSA) is 90.7 Å². The van der Waals surface area contributed by atoms with E-state index in [1.807, 2.05) is 0 Å². The van der Waals surface area contributed by atoms with Crippen molar-refractivity contribution in [3.8, 4) is 0 Å². The quantitative estimate of drug-likeness (QED) is 0.835. The number of hydrogen-bond acceptors (Lipinski definition) is 4. The lowest BCUT2D eigenvalue weighted by Gasteiger charge is -2.31. The van der Waals surface area contributed by atoms with Crippen LogP contribution in [0.1, 0.15) is 33.7 Å². The van der Waals surface area contributed by atoms with Crippen molar-refractivity contribution in [1.29, 1.82) is 0 Å². The fraction of sp³-hybridized carbons (Fsp3) is 0.462. The van der Waals surface area contributed by atoms with Crippen molar-refractivity contribution in [1.82, 2.24) is 9.88 Å². The molecule has 1 amide bonds. The van der Waals surface area contributed by atoms with Crippen molar-refractivity contribution in [2.75, 3.05) is 19.7 Å². The lowest BCUT2D eigenvalue weighted by molar-refractivity contribution is 0.0646. The summed E-state index contributed by atoms with van der Waals surface area (Å²) in [6, 6.07) is 2.81. The van der Waals surface area contributed by atoms with Crippen LogP contribution in [0.15, 0.2) is 18.3 Å². The molecule has 1 aliphatic heterocycles. The molecule has 1 saturated heterocycles. The average molecular weight is 264 g/mol. The number of rotatable bonds is 3. The molecule has 1 fully saturated rings. The molecule has 2 heterocycles. The Bertz CT molecular complexity index is 464. The molecule has 1 aromatic rings. The maximum Gasteiger partial charge on any atom is 0.354 e. The minimum Gasteiger partial charge on any atom is -0.477 e. The second kappa shape index (κ2) is 5.79. The Kier molecular flexibility index (Phi) is 4.11. The maximum atomic E-state index is 12.2. The minimum atomic E-state index is -1.11. The Hall–Kier alpha value is -1.95. The van der Waals surface area contributed by atoms with Gasteiger partial charge in [-0.05, 0) is 30.9 Å². The number of carboxylic acids is 1. The number of amides is 1. The van der Waals surface area contributed by atoms with E-state index in [1.54, 1.807) is 4.90 Å². The summed E-state index contributed by atoms with van der Waals surface area (Å²) in [7, 11) is 0. The third-order valence-corrected chi connectivity index (χ3v) is 3.39. The molecule has 0 bridgehead atoms. The van der Waals surface area contributed by atoms with Gasteiger partial charge in [-0.25, -0.2) is 9.78 Å². The van der Waals surface area contributed by atoms with E-state index in [9.17, 15) is 9.59 Å². The van der Waals surface area contributed by atoms with Crippen molar-refractivity contribution < 1.29 is 19.8 Å². The first-order valence-corrected chi connectivity index (χ1v) is 6.21. The van der Waals surface area contributed by atoms with Crippen LogP contribution < -0.4 is 0 Å². The Morgan fingerprint density at radius 3 is 2.47 bits per heavy atom. The predicted octanol–water partition coefficient (Wildman–Crippen LogP) is 0.624. The van der Waals surface area contributed by atoms with Crippen LogP contribution >= 0.6 is 0 Å². The number of likely N-dealkylation sites (tertiary alicyclic amines) is 1. The van der Waals surface area contributed by atoms with E-state index < -0.39 is 5.97 Å². The summed E-state index contributed by atoms with van der Waals surface area (Å²) in [4.78, 5) is 28.3. The summed E-state index contributed by atoms with van der Waals surface area (Å²) < 4.78 is 0. The molecule has 2 rings (SSSR count). The van der Waals surface area contributed by atoms with E-state index >= 15 is 0 Å². The minimum absolute atomic E-state index is 0.0736. The number of aliphatic hydroxyl groups is 1. The highest BCUT2D eigenvalue weighted by Gasteiger charge is 2.23. The highest BCUT2D eigenvalue weighted by molar-refractivity contribution is 5.94. The smallest absolute Gasteiger partial charge is 0.354 e. The van der Waals surface area contributed by atoms with Gasteiger partial charge in [-0.15, -0.1) is 0 Å². The van der Waals surface area contributed by atoms with Crippen LogP contribution in [0.5, 0.6) is 0 Å². The van der Waals surface area contributed by atoms with Gasteiger partial charge >= 0.3 is 5.97 Å². The summed E-state index contributed by atoms with van der Waals surface area (Å²) in [6.07, 6.45) is 2.88. The van der Waals surface area contributed by atoms with Crippen LogP contribution in [0.25, 0.3) is 0 Å². The summed E-state index contributed by atoms with van der Waals surface area (Å²) >= 11 is 0. The standard InChI is InChI=1S/C13H16N2O4/c16-8-9-3-5-15(6-4-9)12(17)10-1-2-11(13(18)19)14-7-10/h1-2,7,9,16H,3-6,8H2,(H,18,19). The number of nitrogens with zero attached hydrogens (tertiary/aromatic N) is 2. The van der Waals surface area contributed by atoms with Crippen LogP contribution in [0.3, 0.4) is 0 Å². The molecule has 6 heteroatoms. The molecular weight excluding hydrogens is 248 g/mol. The first-order chi connectivity index (χ1) is 9.11. The number of aromatic nitrogens is 1. The number of aliphatic hydroxyl groups excluding tert-OH is 1. The van der Waals surface area contributed by atoms with Crippen molar-refractivity contribution >= 4 is 11.9 Å². The normalized spacial score (nSPS) is 16.4. The highest BCUT2D eigenvalue weighted by Crippen LogP contribution is 2.18. The van der Waals surface area contributed by atoms with E-state index in [0.29, 0.717) is 18.7 Å². The van der Waals surface area contributed by atoms with Gasteiger partial charge in [0.25, 0.3) is 5.91 Å². The summed E-state index contributed by atoms with van der Waals surface area (Å²) in [5, 5.41) is 17.8. The zero-order chi connectivity index (χ0) is 13.8. The van der Waals surface area contributed by atoms with Gasteiger partial charge in [-0.1, -0.05) is 0 Å². The summed E-state index contributed by atoms with van der Waals surface area (Å²) in [5.74, 6) is -0.972. The molecule has 0 spiro atoms. The number of carboxylic acid groups (broad SMARTS) is 1. The Morgan fingerprint density at radius 2 is 2.00 bits per heavy atom. The molecule has 102 valence electrons. The molecule has 19 heavy (non-hydrogen) atoms. The summed E-state index contributed by atoms with van der Waals surface area (Å²) in [6.45, 7) is 1.40. The lowest BCUT2D eigenvalue weighted by atomic mass is 9.97. The number of aromatic carboxylic acids is 1. The monoisotopic (exact) mass is 264 g/mol. The highest BCUT2D eigenvalue weighted by atomic mass is 16.4. The molecule has 6 nitrogen and oxygen atoms in total. The van der Waals surface area contributed by atoms with Gasteiger partial charge < -0.3 is 15.1 Å². The van der Waals surface area contributed by atoms with Gasteiger partial charge in [0.1, 0.15) is 5.69 Å². The molecule has 0 aromatic carbocycles. The number of carbonyl (C=O) groups is 2. The first kappa shape index (κ1) is 13.5.